The number of esters is 1. The Labute approximate surface area is 298 Å². The number of thiazole rings is 1. The lowest BCUT2D eigenvalue weighted by atomic mass is 9.84. The van der Waals surface area contributed by atoms with Crippen molar-refractivity contribution >= 4 is 45.5 Å². The third kappa shape index (κ3) is 10.7. The Morgan fingerprint density at radius 1 is 0.979 bits per heavy atom. The van der Waals surface area contributed by atoms with Crippen LogP contribution >= 0.6 is 22.9 Å². The van der Waals surface area contributed by atoms with Crippen molar-refractivity contribution in [3.8, 4) is 0 Å². The summed E-state index contributed by atoms with van der Waals surface area (Å²) in [5.74, 6) is 0.238. The van der Waals surface area contributed by atoms with Gasteiger partial charge >= 0.3 is 5.97 Å². The first-order valence-electron chi connectivity index (χ1n) is 18.0. The molecule has 1 aliphatic carbocycles. The van der Waals surface area contributed by atoms with Gasteiger partial charge in [-0.15, -0.1) is 22.9 Å². The van der Waals surface area contributed by atoms with Gasteiger partial charge in [-0.25, -0.2) is 9.78 Å². The molecule has 47 heavy (non-hydrogen) atoms. The molecule has 0 amide bonds. The number of carbonyl (C=O) groups excluding carboxylic acids is 1. The number of unbranched alkanes of at least 4 members (excludes halogenated alkanes) is 2. The van der Waals surface area contributed by atoms with Gasteiger partial charge in [0.15, 0.2) is 16.6 Å². The Bertz CT molecular complexity index is 1270. The molecular formula is C38H64ClNO4SSi2. The van der Waals surface area contributed by atoms with Crippen molar-refractivity contribution in [3.05, 3.63) is 51.5 Å². The maximum atomic E-state index is 12.2. The highest BCUT2D eigenvalue weighted by Crippen LogP contribution is 2.50. The van der Waals surface area contributed by atoms with Crippen molar-refractivity contribution < 1.29 is 18.4 Å². The predicted octanol–water partition coefficient (Wildman–Crippen LogP) is 12.1. The number of alkyl halides is 1. The molecular weight excluding hydrogens is 658 g/mol. The van der Waals surface area contributed by atoms with E-state index in [1.165, 1.54) is 41.7 Å². The smallest absolute Gasteiger partial charge is 0.349 e. The second kappa shape index (κ2) is 16.8. The molecule has 0 N–H and O–H groups in total. The minimum atomic E-state index is -2.02. The molecule has 5 nitrogen and oxygen atoms in total. The number of ether oxygens (including phenoxy) is 1. The zero-order valence-electron chi connectivity index (χ0n) is 31.5. The van der Waals surface area contributed by atoms with E-state index in [0.29, 0.717) is 17.4 Å². The molecule has 1 aromatic heterocycles. The zero-order valence-corrected chi connectivity index (χ0v) is 35.1. The second-order valence-corrected chi connectivity index (χ2v) is 27.8. The number of rotatable bonds is 16. The molecule has 266 valence electrons. The van der Waals surface area contributed by atoms with E-state index >= 15 is 0 Å². The monoisotopic (exact) mass is 721 g/mol. The first-order chi connectivity index (χ1) is 21.8. The van der Waals surface area contributed by atoms with Gasteiger partial charge in [0.2, 0.25) is 0 Å². The SMILES string of the molecule is CCCCCC(O[Si](C)(C)C(C)(C)C)c1ccc([C@H]2C(CCCc3ncc(C(=O)OCC)s3)[C@H](Cl)C[C@H]2O[Si](C)(C)C(C)(C)C)cc1. The highest BCUT2D eigenvalue weighted by Gasteiger charge is 2.48. The lowest BCUT2D eigenvalue weighted by Gasteiger charge is -2.40. The van der Waals surface area contributed by atoms with Crippen molar-refractivity contribution in [1.82, 2.24) is 4.98 Å². The van der Waals surface area contributed by atoms with E-state index in [-0.39, 0.29) is 39.5 Å². The standard InChI is InChI=1S/C38H64ClNO4SSi2/c1-13-15-16-19-31(43-46(9,10)37(3,4)5)27-21-23-28(24-22-27)35-29(30(39)25-32(35)44-47(11,12)38(6,7)8)18-17-20-34-40-26-33(45-34)36(41)42-14-2/h21-24,26,29-32,35H,13-20,25H2,1-12H3/t29?,30-,31?,32-,35+/m1/s1. The minimum absolute atomic E-state index is 0.0459. The summed E-state index contributed by atoms with van der Waals surface area (Å²) < 4.78 is 19.4. The zero-order chi connectivity index (χ0) is 35.2. The molecule has 3 rings (SSSR count). The van der Waals surface area contributed by atoms with E-state index in [9.17, 15) is 4.79 Å². The predicted molar refractivity (Wildman–Crippen MR) is 205 cm³/mol. The number of aryl methyl sites for hydroxylation is 1. The molecule has 5 atom stereocenters. The van der Waals surface area contributed by atoms with E-state index in [0.717, 1.165) is 37.1 Å². The molecule has 1 heterocycles. The third-order valence-electron chi connectivity index (χ3n) is 11.0. The van der Waals surface area contributed by atoms with Gasteiger partial charge in [0.25, 0.3) is 0 Å². The third-order valence-corrected chi connectivity index (χ3v) is 21.5. The lowest BCUT2D eigenvalue weighted by molar-refractivity contribution is 0.0531. The molecule has 9 heteroatoms. The molecule has 2 unspecified atom stereocenters. The van der Waals surface area contributed by atoms with Gasteiger partial charge in [-0.05, 0) is 92.3 Å². The van der Waals surface area contributed by atoms with Gasteiger partial charge in [0.05, 0.1) is 30.0 Å². The van der Waals surface area contributed by atoms with Crippen LogP contribution in [-0.4, -0.2) is 45.7 Å². The van der Waals surface area contributed by atoms with Gasteiger partial charge in [-0.3, -0.25) is 0 Å². The van der Waals surface area contributed by atoms with Gasteiger partial charge < -0.3 is 13.6 Å². The van der Waals surface area contributed by atoms with Crippen LogP contribution in [0.25, 0.3) is 0 Å². The molecule has 1 aliphatic rings. The van der Waals surface area contributed by atoms with Crippen LogP contribution in [0, 0.1) is 5.92 Å². The molecule has 0 saturated heterocycles. The van der Waals surface area contributed by atoms with Gasteiger partial charge in [0, 0.05) is 11.3 Å². The van der Waals surface area contributed by atoms with E-state index in [1.807, 2.05) is 6.92 Å². The molecule has 1 aromatic carbocycles. The number of halogens is 1. The fourth-order valence-electron chi connectivity index (χ4n) is 6.09. The van der Waals surface area contributed by atoms with Crippen LogP contribution < -0.4 is 0 Å². The first-order valence-corrected chi connectivity index (χ1v) is 25.1. The number of nitrogens with zero attached hydrogens (tertiary/aromatic N) is 1. The Kier molecular flexibility index (Phi) is 14.4. The number of aromatic nitrogens is 1. The van der Waals surface area contributed by atoms with E-state index in [2.05, 4.69) is 104 Å². The Hall–Kier alpha value is -1.04. The number of hydrogen-bond donors (Lipinski definition) is 0. The summed E-state index contributed by atoms with van der Waals surface area (Å²) in [4.78, 5) is 17.3. The van der Waals surface area contributed by atoms with Crippen LogP contribution in [0.15, 0.2) is 30.5 Å². The summed E-state index contributed by atoms with van der Waals surface area (Å²) in [7, 11) is -3.96. The van der Waals surface area contributed by atoms with Crippen LogP contribution in [0.4, 0.5) is 0 Å². The quantitative estimate of drug-likeness (QED) is 0.0747. The minimum Gasteiger partial charge on any atom is -0.462 e. The van der Waals surface area contributed by atoms with Crippen LogP contribution in [-0.2, 0) is 20.0 Å². The average Bonchev–Trinajstić information content (AvgIpc) is 3.55. The van der Waals surface area contributed by atoms with Gasteiger partial charge in [-0.2, -0.15) is 0 Å². The maximum absolute atomic E-state index is 12.2. The van der Waals surface area contributed by atoms with Crippen LogP contribution in [0.3, 0.4) is 0 Å². The summed E-state index contributed by atoms with van der Waals surface area (Å²) in [5.41, 5.74) is 2.61. The van der Waals surface area contributed by atoms with Crippen LogP contribution in [0.5, 0.6) is 0 Å². The van der Waals surface area contributed by atoms with Crippen molar-refractivity contribution in [1.29, 1.82) is 0 Å². The number of hydrogen-bond acceptors (Lipinski definition) is 6. The van der Waals surface area contributed by atoms with E-state index in [1.54, 1.807) is 6.20 Å². The second-order valence-electron chi connectivity index (χ2n) is 16.6. The van der Waals surface area contributed by atoms with Crippen molar-refractivity contribution in [2.45, 2.75) is 167 Å². The largest absolute Gasteiger partial charge is 0.462 e. The maximum Gasteiger partial charge on any atom is 0.349 e. The summed E-state index contributed by atoms with van der Waals surface area (Å²) in [5, 5.41) is 1.30. The molecule has 0 bridgehead atoms. The molecule has 1 saturated carbocycles. The normalized spacial score (nSPS) is 21.6. The first kappa shape index (κ1) is 40.4. The molecule has 1 fully saturated rings. The van der Waals surface area contributed by atoms with Crippen molar-refractivity contribution in [3.63, 3.8) is 0 Å². The van der Waals surface area contributed by atoms with Crippen molar-refractivity contribution in [2.75, 3.05) is 6.61 Å². The number of benzene rings is 1. The Balaban J connectivity index is 1.88. The number of carbonyl (C=O) groups is 1. The summed E-state index contributed by atoms with van der Waals surface area (Å²) in [6, 6.07) is 9.34. The molecule has 0 radical (unpaired) electrons. The van der Waals surface area contributed by atoms with Gasteiger partial charge in [0.1, 0.15) is 4.88 Å². The highest BCUT2D eigenvalue weighted by molar-refractivity contribution is 7.13. The van der Waals surface area contributed by atoms with Crippen LogP contribution in [0.2, 0.25) is 36.3 Å². The topological polar surface area (TPSA) is 57.7 Å². The summed E-state index contributed by atoms with van der Waals surface area (Å²) in [6.07, 6.45) is 10.2. The Morgan fingerprint density at radius 3 is 2.19 bits per heavy atom. The molecule has 0 spiro atoms. The summed E-state index contributed by atoms with van der Waals surface area (Å²) >= 11 is 8.68. The average molecular weight is 723 g/mol. The molecule has 2 aromatic rings. The Morgan fingerprint density at radius 2 is 1.62 bits per heavy atom. The van der Waals surface area contributed by atoms with E-state index in [4.69, 9.17) is 25.2 Å². The van der Waals surface area contributed by atoms with Crippen molar-refractivity contribution in [2.24, 2.45) is 5.92 Å². The van der Waals surface area contributed by atoms with E-state index < -0.39 is 16.6 Å². The molecule has 0 aliphatic heterocycles. The fraction of sp³-hybridized carbons (Fsp3) is 0.737. The van der Waals surface area contributed by atoms with Crippen LogP contribution in [0.1, 0.15) is 138 Å². The summed E-state index contributed by atoms with van der Waals surface area (Å²) in [6.45, 7) is 27.8. The fourth-order valence-corrected chi connectivity index (χ4v) is 10.1. The lowest BCUT2D eigenvalue weighted by Crippen LogP contribution is -2.44. The highest BCUT2D eigenvalue weighted by atomic mass is 35.5. The van der Waals surface area contributed by atoms with Gasteiger partial charge in [-0.1, -0.05) is 92.0 Å².